The first-order valence-corrected chi connectivity index (χ1v) is 6.48. The molecule has 0 bridgehead atoms. The van der Waals surface area contributed by atoms with Gasteiger partial charge in [0.15, 0.2) is 12.2 Å². The number of nitrogens with one attached hydrogen (secondary N) is 1. The van der Waals surface area contributed by atoms with Crippen molar-refractivity contribution in [1.29, 1.82) is 0 Å². The predicted molar refractivity (Wildman–Crippen MR) is 72.0 cm³/mol. The number of nitrogens with zero attached hydrogens (tertiary/aromatic N) is 1. The molecular formula is C12H12BrClN2O. The van der Waals surface area contributed by atoms with Crippen molar-refractivity contribution in [3.63, 3.8) is 0 Å². The first-order chi connectivity index (χ1) is 8.22. The van der Waals surface area contributed by atoms with Crippen molar-refractivity contribution >= 4 is 27.5 Å². The minimum absolute atomic E-state index is 0.682. The van der Waals surface area contributed by atoms with Gasteiger partial charge in [-0.15, -0.1) is 0 Å². The van der Waals surface area contributed by atoms with Gasteiger partial charge in [0.05, 0.1) is 5.02 Å². The van der Waals surface area contributed by atoms with E-state index in [0.29, 0.717) is 11.6 Å². The second kappa shape index (κ2) is 5.67. The molecule has 0 spiro atoms. The standard InChI is InChI=1S/C12H12BrClN2O/c1-2-15-6-11-12(17-7-16-11)8-3-4-10(14)9(13)5-8/h3-5,7,15H,2,6H2,1H3. The first kappa shape index (κ1) is 12.6. The van der Waals surface area contributed by atoms with Gasteiger partial charge in [-0.2, -0.15) is 0 Å². The van der Waals surface area contributed by atoms with E-state index in [4.69, 9.17) is 16.0 Å². The normalized spacial score (nSPS) is 10.8. The first-order valence-electron chi connectivity index (χ1n) is 5.31. The lowest BCUT2D eigenvalue weighted by atomic mass is 10.1. The van der Waals surface area contributed by atoms with E-state index in [9.17, 15) is 0 Å². The van der Waals surface area contributed by atoms with Crippen LogP contribution in [-0.2, 0) is 6.54 Å². The molecule has 1 heterocycles. The molecule has 5 heteroatoms. The average Bonchev–Trinajstić information content (AvgIpc) is 2.78. The van der Waals surface area contributed by atoms with Gasteiger partial charge in [0.2, 0.25) is 0 Å². The summed E-state index contributed by atoms with van der Waals surface area (Å²) in [5, 5.41) is 3.91. The van der Waals surface area contributed by atoms with Gasteiger partial charge in [0.25, 0.3) is 0 Å². The fourth-order valence-electron chi connectivity index (χ4n) is 1.51. The monoisotopic (exact) mass is 314 g/mol. The third kappa shape index (κ3) is 2.89. The van der Waals surface area contributed by atoms with Gasteiger partial charge in [-0.3, -0.25) is 0 Å². The van der Waals surface area contributed by atoms with Gasteiger partial charge in [-0.1, -0.05) is 18.5 Å². The van der Waals surface area contributed by atoms with E-state index in [2.05, 4.69) is 33.2 Å². The quantitative estimate of drug-likeness (QED) is 0.931. The SMILES string of the molecule is CCNCc1ncoc1-c1ccc(Cl)c(Br)c1. The van der Waals surface area contributed by atoms with E-state index in [1.165, 1.54) is 6.39 Å². The van der Waals surface area contributed by atoms with Gasteiger partial charge in [0, 0.05) is 16.6 Å². The summed E-state index contributed by atoms with van der Waals surface area (Å²) in [4.78, 5) is 4.20. The molecule has 90 valence electrons. The topological polar surface area (TPSA) is 38.1 Å². The third-order valence-electron chi connectivity index (χ3n) is 2.37. The van der Waals surface area contributed by atoms with Gasteiger partial charge in [-0.25, -0.2) is 4.98 Å². The van der Waals surface area contributed by atoms with Crippen molar-refractivity contribution in [2.75, 3.05) is 6.54 Å². The van der Waals surface area contributed by atoms with Crippen LogP contribution in [0.1, 0.15) is 12.6 Å². The fourth-order valence-corrected chi connectivity index (χ4v) is 2.01. The summed E-state index contributed by atoms with van der Waals surface area (Å²) in [6, 6.07) is 5.68. The van der Waals surface area contributed by atoms with Crippen molar-refractivity contribution in [2.24, 2.45) is 0 Å². The molecule has 0 aliphatic carbocycles. The highest BCUT2D eigenvalue weighted by Crippen LogP contribution is 2.30. The lowest BCUT2D eigenvalue weighted by Gasteiger charge is -2.03. The van der Waals surface area contributed by atoms with Crippen LogP contribution in [0.2, 0.25) is 5.02 Å². The molecule has 0 unspecified atom stereocenters. The number of hydrogen-bond donors (Lipinski definition) is 1. The number of aromatic nitrogens is 1. The van der Waals surface area contributed by atoms with Crippen LogP contribution in [0.15, 0.2) is 33.5 Å². The minimum Gasteiger partial charge on any atom is -0.443 e. The van der Waals surface area contributed by atoms with Crippen LogP contribution in [0, 0.1) is 0 Å². The summed E-state index contributed by atoms with van der Waals surface area (Å²) in [5.74, 6) is 0.781. The molecule has 1 N–H and O–H groups in total. The molecule has 0 atom stereocenters. The summed E-state index contributed by atoms with van der Waals surface area (Å²) in [6.07, 6.45) is 1.46. The molecule has 2 aromatic rings. The Labute approximate surface area is 113 Å². The molecule has 0 aliphatic rings. The number of benzene rings is 1. The zero-order chi connectivity index (χ0) is 12.3. The van der Waals surface area contributed by atoms with Crippen LogP contribution < -0.4 is 5.32 Å². The largest absolute Gasteiger partial charge is 0.443 e. The van der Waals surface area contributed by atoms with Crippen LogP contribution in [0.5, 0.6) is 0 Å². The van der Waals surface area contributed by atoms with Crippen molar-refractivity contribution in [1.82, 2.24) is 10.3 Å². The summed E-state index contributed by atoms with van der Waals surface area (Å²) < 4.78 is 6.28. The average molecular weight is 316 g/mol. The smallest absolute Gasteiger partial charge is 0.181 e. The summed E-state index contributed by atoms with van der Waals surface area (Å²) >= 11 is 9.36. The Kier molecular flexibility index (Phi) is 4.20. The highest BCUT2D eigenvalue weighted by Gasteiger charge is 2.11. The summed E-state index contributed by atoms with van der Waals surface area (Å²) in [7, 11) is 0. The Bertz CT molecular complexity index is 513. The maximum atomic E-state index is 5.96. The molecule has 0 fully saturated rings. The molecule has 0 radical (unpaired) electrons. The maximum absolute atomic E-state index is 5.96. The Hall–Kier alpha value is -0.840. The number of rotatable bonds is 4. The molecule has 3 nitrogen and oxygen atoms in total. The lowest BCUT2D eigenvalue weighted by molar-refractivity contribution is 0.570. The van der Waals surface area contributed by atoms with Crippen LogP contribution in [0.25, 0.3) is 11.3 Å². The molecule has 0 saturated heterocycles. The van der Waals surface area contributed by atoms with Gasteiger partial charge in [0.1, 0.15) is 5.69 Å². The Morgan fingerprint density at radius 3 is 3.00 bits per heavy atom. The molecule has 0 amide bonds. The number of halogens is 2. The van der Waals surface area contributed by atoms with Gasteiger partial charge in [-0.05, 0) is 40.7 Å². The van der Waals surface area contributed by atoms with Crippen molar-refractivity contribution in [3.05, 3.63) is 39.8 Å². The van der Waals surface area contributed by atoms with E-state index in [1.807, 2.05) is 18.2 Å². The molecule has 0 aliphatic heterocycles. The van der Waals surface area contributed by atoms with E-state index in [0.717, 1.165) is 28.0 Å². The summed E-state index contributed by atoms with van der Waals surface area (Å²) in [5.41, 5.74) is 1.87. The molecule has 1 aromatic heterocycles. The second-order valence-corrected chi connectivity index (χ2v) is 4.80. The van der Waals surface area contributed by atoms with Crippen molar-refractivity contribution in [2.45, 2.75) is 13.5 Å². The Morgan fingerprint density at radius 1 is 1.47 bits per heavy atom. The maximum Gasteiger partial charge on any atom is 0.181 e. The van der Waals surface area contributed by atoms with E-state index >= 15 is 0 Å². The number of oxazole rings is 1. The van der Waals surface area contributed by atoms with Crippen LogP contribution in [0.4, 0.5) is 0 Å². The predicted octanol–water partition coefficient (Wildman–Crippen LogP) is 3.87. The second-order valence-electron chi connectivity index (χ2n) is 3.54. The van der Waals surface area contributed by atoms with Crippen LogP contribution in [-0.4, -0.2) is 11.5 Å². The van der Waals surface area contributed by atoms with E-state index < -0.39 is 0 Å². The lowest BCUT2D eigenvalue weighted by Crippen LogP contribution is -2.12. The molecule has 2 rings (SSSR count). The van der Waals surface area contributed by atoms with E-state index in [-0.39, 0.29) is 0 Å². The highest BCUT2D eigenvalue weighted by atomic mass is 79.9. The molecule has 0 saturated carbocycles. The molecular weight excluding hydrogens is 304 g/mol. The van der Waals surface area contributed by atoms with Crippen molar-refractivity contribution < 1.29 is 4.42 Å². The molecule has 17 heavy (non-hydrogen) atoms. The number of hydrogen-bond acceptors (Lipinski definition) is 3. The Morgan fingerprint density at radius 2 is 2.29 bits per heavy atom. The zero-order valence-electron chi connectivity index (χ0n) is 9.34. The Balaban J connectivity index is 2.32. The van der Waals surface area contributed by atoms with Crippen LogP contribution >= 0.6 is 27.5 Å². The minimum atomic E-state index is 0.682. The highest BCUT2D eigenvalue weighted by molar-refractivity contribution is 9.10. The van der Waals surface area contributed by atoms with Crippen molar-refractivity contribution in [3.8, 4) is 11.3 Å². The van der Waals surface area contributed by atoms with Gasteiger partial charge >= 0.3 is 0 Å². The third-order valence-corrected chi connectivity index (χ3v) is 3.58. The fraction of sp³-hybridized carbons (Fsp3) is 0.250. The van der Waals surface area contributed by atoms with Crippen LogP contribution in [0.3, 0.4) is 0 Å². The molecule has 1 aromatic carbocycles. The summed E-state index contributed by atoms with van der Waals surface area (Å²) in [6.45, 7) is 3.65. The zero-order valence-corrected chi connectivity index (χ0v) is 11.7. The van der Waals surface area contributed by atoms with Gasteiger partial charge < -0.3 is 9.73 Å². The van der Waals surface area contributed by atoms with E-state index in [1.54, 1.807) is 0 Å².